The van der Waals surface area contributed by atoms with Crippen LogP contribution >= 0.6 is 15.9 Å². The number of hydrogen-bond acceptors (Lipinski definition) is 5. The fourth-order valence-electron chi connectivity index (χ4n) is 2.25. The zero-order chi connectivity index (χ0) is 13.3. The molecule has 1 fully saturated rings. The fraction of sp³-hybridized carbons (Fsp3) is 0.545. The van der Waals surface area contributed by atoms with Crippen molar-refractivity contribution in [1.82, 2.24) is 10.3 Å². The molecular weight excluding hydrogens is 300 g/mol. The molecule has 2 rings (SSSR count). The third kappa shape index (κ3) is 2.78. The van der Waals surface area contributed by atoms with Gasteiger partial charge in [0, 0.05) is 31.2 Å². The molecule has 1 aromatic rings. The van der Waals surface area contributed by atoms with Gasteiger partial charge in [0.25, 0.3) is 5.69 Å². The van der Waals surface area contributed by atoms with Crippen LogP contribution in [-0.2, 0) is 0 Å². The summed E-state index contributed by atoms with van der Waals surface area (Å²) in [6.07, 6.45) is 1.30. The second kappa shape index (κ2) is 5.19. The molecule has 98 valence electrons. The van der Waals surface area contributed by atoms with E-state index in [-0.39, 0.29) is 5.69 Å². The summed E-state index contributed by atoms with van der Waals surface area (Å²) in [4.78, 5) is 16.6. The van der Waals surface area contributed by atoms with Gasteiger partial charge in [0.05, 0.1) is 9.40 Å². The van der Waals surface area contributed by atoms with Crippen molar-refractivity contribution in [2.75, 3.05) is 18.0 Å². The predicted octanol–water partition coefficient (Wildman–Crippen LogP) is 1.94. The highest BCUT2D eigenvalue weighted by atomic mass is 79.9. The van der Waals surface area contributed by atoms with Gasteiger partial charge >= 0.3 is 0 Å². The van der Waals surface area contributed by atoms with Crippen molar-refractivity contribution < 1.29 is 4.92 Å². The summed E-state index contributed by atoms with van der Waals surface area (Å²) < 4.78 is 0.665. The van der Waals surface area contributed by atoms with Gasteiger partial charge in [0.1, 0.15) is 12.0 Å². The molecule has 18 heavy (non-hydrogen) atoms. The van der Waals surface area contributed by atoms with Crippen molar-refractivity contribution in [1.29, 1.82) is 0 Å². The van der Waals surface area contributed by atoms with Crippen LogP contribution in [0.3, 0.4) is 0 Å². The highest BCUT2D eigenvalue weighted by Gasteiger charge is 2.24. The number of nitrogens with zero attached hydrogens (tertiary/aromatic N) is 3. The zero-order valence-electron chi connectivity index (χ0n) is 10.3. The lowest BCUT2D eigenvalue weighted by Crippen LogP contribution is -2.54. The number of aromatic nitrogens is 1. The first-order valence-electron chi connectivity index (χ1n) is 5.78. The molecule has 0 aromatic carbocycles. The van der Waals surface area contributed by atoms with Crippen LogP contribution in [0.5, 0.6) is 0 Å². The topological polar surface area (TPSA) is 71.3 Å². The van der Waals surface area contributed by atoms with E-state index in [4.69, 9.17) is 0 Å². The molecule has 0 amide bonds. The van der Waals surface area contributed by atoms with Crippen molar-refractivity contribution in [2.24, 2.45) is 0 Å². The van der Waals surface area contributed by atoms with Gasteiger partial charge in [-0.25, -0.2) is 4.98 Å². The normalized spacial score (nSPS) is 24.1. The van der Waals surface area contributed by atoms with E-state index in [1.165, 1.54) is 12.3 Å². The van der Waals surface area contributed by atoms with Crippen LogP contribution < -0.4 is 10.2 Å². The molecule has 2 heterocycles. The Morgan fingerprint density at radius 2 is 2.11 bits per heavy atom. The van der Waals surface area contributed by atoms with E-state index in [9.17, 15) is 10.1 Å². The minimum Gasteiger partial charge on any atom is -0.353 e. The number of piperazine rings is 1. The number of pyridine rings is 1. The molecule has 7 heteroatoms. The van der Waals surface area contributed by atoms with E-state index in [0.717, 1.165) is 18.9 Å². The molecule has 0 spiro atoms. The molecule has 1 aliphatic rings. The number of nitrogens with one attached hydrogen (secondary N) is 1. The summed E-state index contributed by atoms with van der Waals surface area (Å²) in [5.74, 6) is 0.765. The minimum atomic E-state index is -0.440. The fourth-order valence-corrected chi connectivity index (χ4v) is 2.84. The van der Waals surface area contributed by atoms with Crippen LogP contribution in [-0.4, -0.2) is 35.1 Å². The second-order valence-corrected chi connectivity index (χ2v) is 5.48. The Hall–Kier alpha value is -1.21. The van der Waals surface area contributed by atoms with Crippen molar-refractivity contribution in [3.63, 3.8) is 0 Å². The predicted molar refractivity (Wildman–Crippen MR) is 72.9 cm³/mol. The summed E-state index contributed by atoms with van der Waals surface area (Å²) >= 11 is 3.36. The Morgan fingerprint density at radius 3 is 2.61 bits per heavy atom. The number of rotatable bonds is 2. The molecule has 1 N–H and O–H groups in total. The monoisotopic (exact) mass is 314 g/mol. The van der Waals surface area contributed by atoms with Gasteiger partial charge in [-0.05, 0) is 29.8 Å². The van der Waals surface area contributed by atoms with Crippen LogP contribution in [0.15, 0.2) is 16.7 Å². The first-order chi connectivity index (χ1) is 8.47. The van der Waals surface area contributed by atoms with Crippen molar-refractivity contribution in [2.45, 2.75) is 25.9 Å². The summed E-state index contributed by atoms with van der Waals surface area (Å²) in [7, 11) is 0. The van der Waals surface area contributed by atoms with E-state index in [2.05, 4.69) is 45.0 Å². The molecule has 0 radical (unpaired) electrons. The van der Waals surface area contributed by atoms with Crippen molar-refractivity contribution in [3.05, 3.63) is 26.9 Å². The van der Waals surface area contributed by atoms with Crippen LogP contribution in [0.25, 0.3) is 0 Å². The van der Waals surface area contributed by atoms with Crippen LogP contribution in [0.2, 0.25) is 0 Å². The van der Waals surface area contributed by atoms with Gasteiger partial charge < -0.3 is 10.2 Å². The molecule has 1 aliphatic heterocycles. The highest BCUT2D eigenvalue weighted by molar-refractivity contribution is 9.10. The maximum absolute atomic E-state index is 10.7. The summed E-state index contributed by atoms with van der Waals surface area (Å²) in [6.45, 7) is 5.91. The second-order valence-electron chi connectivity index (χ2n) is 4.63. The van der Waals surface area contributed by atoms with Gasteiger partial charge in [0.15, 0.2) is 0 Å². The van der Waals surface area contributed by atoms with Gasteiger partial charge in [-0.15, -0.1) is 0 Å². The first kappa shape index (κ1) is 13.2. The number of nitro groups is 1. The molecule has 0 bridgehead atoms. The molecule has 0 saturated carbocycles. The van der Waals surface area contributed by atoms with Crippen LogP contribution in [0.4, 0.5) is 11.5 Å². The van der Waals surface area contributed by atoms with Gasteiger partial charge in [-0.3, -0.25) is 10.1 Å². The highest BCUT2D eigenvalue weighted by Crippen LogP contribution is 2.28. The van der Waals surface area contributed by atoms with Crippen molar-refractivity contribution in [3.8, 4) is 0 Å². The van der Waals surface area contributed by atoms with E-state index in [1.54, 1.807) is 0 Å². The van der Waals surface area contributed by atoms with E-state index >= 15 is 0 Å². The maximum Gasteiger partial charge on any atom is 0.288 e. The molecule has 1 saturated heterocycles. The molecular formula is C11H15BrN4O2. The SMILES string of the molecule is C[C@@H]1CN(c2ncc([N+](=O)[O-])cc2Br)C[C@H](C)N1. The van der Waals surface area contributed by atoms with Crippen LogP contribution in [0.1, 0.15) is 13.8 Å². The molecule has 1 aromatic heterocycles. The minimum absolute atomic E-state index is 0.00172. The quantitative estimate of drug-likeness (QED) is 0.667. The molecule has 0 aliphatic carbocycles. The Labute approximate surface area is 114 Å². The maximum atomic E-state index is 10.7. The number of anilines is 1. The largest absolute Gasteiger partial charge is 0.353 e. The van der Waals surface area contributed by atoms with Crippen LogP contribution in [0, 0.1) is 10.1 Å². The van der Waals surface area contributed by atoms with E-state index in [0.29, 0.717) is 16.6 Å². The lowest BCUT2D eigenvalue weighted by atomic mass is 10.1. The first-order valence-corrected chi connectivity index (χ1v) is 6.57. The van der Waals surface area contributed by atoms with Crippen molar-refractivity contribution >= 4 is 27.4 Å². The van der Waals surface area contributed by atoms with E-state index in [1.807, 2.05) is 0 Å². The summed E-state index contributed by atoms with van der Waals surface area (Å²) in [6, 6.07) is 2.25. The Morgan fingerprint density at radius 1 is 1.50 bits per heavy atom. The number of halogens is 1. The van der Waals surface area contributed by atoms with Gasteiger partial charge in [-0.1, -0.05) is 0 Å². The smallest absolute Gasteiger partial charge is 0.288 e. The third-order valence-electron chi connectivity index (χ3n) is 2.88. The number of hydrogen-bond donors (Lipinski definition) is 1. The molecule has 6 nitrogen and oxygen atoms in total. The van der Waals surface area contributed by atoms with Gasteiger partial charge in [-0.2, -0.15) is 0 Å². The lowest BCUT2D eigenvalue weighted by molar-refractivity contribution is -0.385. The Bertz CT molecular complexity index is 458. The Balaban J connectivity index is 2.25. The zero-order valence-corrected chi connectivity index (χ0v) is 11.8. The third-order valence-corrected chi connectivity index (χ3v) is 3.46. The average molecular weight is 315 g/mol. The lowest BCUT2D eigenvalue weighted by Gasteiger charge is -2.37. The Kier molecular flexibility index (Phi) is 3.82. The van der Waals surface area contributed by atoms with Gasteiger partial charge in [0.2, 0.25) is 0 Å². The summed E-state index contributed by atoms with van der Waals surface area (Å²) in [5.41, 5.74) is 0.00172. The molecule has 2 atom stereocenters. The molecule has 0 unspecified atom stereocenters. The standard InChI is InChI=1S/C11H15BrN4O2/c1-7-5-15(6-8(2)14-7)11-10(12)3-9(4-13-11)16(17)18/h3-4,7-8,14H,5-6H2,1-2H3/t7-,8+. The summed E-state index contributed by atoms with van der Waals surface area (Å²) in [5, 5.41) is 14.1. The average Bonchev–Trinajstić information content (AvgIpc) is 2.27. The van der Waals surface area contributed by atoms with E-state index < -0.39 is 4.92 Å².